The monoisotopic (exact) mass is 261 g/mol. The van der Waals surface area contributed by atoms with E-state index in [-0.39, 0.29) is 18.0 Å². The van der Waals surface area contributed by atoms with Gasteiger partial charge in [0.2, 0.25) is 0 Å². The van der Waals surface area contributed by atoms with Gasteiger partial charge in [-0.25, -0.2) is 0 Å². The zero-order valence-electron chi connectivity index (χ0n) is 12.5. The van der Waals surface area contributed by atoms with Crippen LogP contribution in [0.25, 0.3) is 0 Å². The van der Waals surface area contributed by atoms with Crippen molar-refractivity contribution in [2.45, 2.75) is 47.5 Å². The third kappa shape index (κ3) is 4.93. The van der Waals surface area contributed by atoms with Crippen LogP contribution in [-0.4, -0.2) is 16.6 Å². The topological polar surface area (TPSA) is 47.0 Å². The molecule has 0 aliphatic carbocycles. The molecule has 0 unspecified atom stereocenters. The lowest BCUT2D eigenvalue weighted by atomic mass is 9.87. The number of carbonyl (C=O) groups excluding carboxylic acids is 2. The van der Waals surface area contributed by atoms with E-state index in [1.807, 2.05) is 26.8 Å². The molecule has 0 aliphatic rings. The van der Waals surface area contributed by atoms with Gasteiger partial charge in [-0.2, -0.15) is 0 Å². The number of nitrogens with zero attached hydrogens (tertiary/aromatic N) is 1. The number of carbonyl (C=O) groups is 2. The Balaban J connectivity index is 2.71. The van der Waals surface area contributed by atoms with E-state index in [4.69, 9.17) is 0 Å². The zero-order chi connectivity index (χ0) is 14.6. The third-order valence-corrected chi connectivity index (χ3v) is 2.91. The first kappa shape index (κ1) is 15.5. The Bertz CT molecular complexity index is 453. The van der Waals surface area contributed by atoms with Crippen LogP contribution < -0.4 is 0 Å². The molecule has 1 aromatic rings. The van der Waals surface area contributed by atoms with Gasteiger partial charge in [0, 0.05) is 11.6 Å². The number of aromatic nitrogens is 1. The van der Waals surface area contributed by atoms with E-state index < -0.39 is 5.41 Å². The van der Waals surface area contributed by atoms with E-state index >= 15 is 0 Å². The van der Waals surface area contributed by atoms with Crippen molar-refractivity contribution in [1.82, 2.24) is 4.98 Å². The molecule has 0 atom stereocenters. The first-order valence-corrected chi connectivity index (χ1v) is 6.71. The first-order valence-electron chi connectivity index (χ1n) is 6.71. The molecular weight excluding hydrogens is 238 g/mol. The molecule has 1 heterocycles. The molecule has 3 nitrogen and oxygen atoms in total. The highest BCUT2D eigenvalue weighted by atomic mass is 16.1. The lowest BCUT2D eigenvalue weighted by molar-refractivity contribution is -0.125. The fraction of sp³-hybridized carbons (Fsp3) is 0.562. The molecule has 0 aromatic carbocycles. The Kier molecular flexibility index (Phi) is 4.98. The van der Waals surface area contributed by atoms with E-state index in [1.165, 1.54) is 0 Å². The van der Waals surface area contributed by atoms with Crippen LogP contribution in [0, 0.1) is 11.3 Å². The summed E-state index contributed by atoms with van der Waals surface area (Å²) in [5.74, 6) is 0.312. The molecule has 0 N–H and O–H groups in total. The molecule has 0 amide bonds. The Morgan fingerprint density at radius 3 is 2.26 bits per heavy atom. The minimum Gasteiger partial charge on any atom is -0.299 e. The van der Waals surface area contributed by atoms with Crippen molar-refractivity contribution >= 4 is 11.6 Å². The van der Waals surface area contributed by atoms with E-state index in [1.54, 1.807) is 12.3 Å². The molecular formula is C16H23NO2. The molecule has 0 radical (unpaired) electrons. The molecule has 0 aliphatic heterocycles. The van der Waals surface area contributed by atoms with Crippen molar-refractivity contribution < 1.29 is 9.59 Å². The van der Waals surface area contributed by atoms with Gasteiger partial charge in [0.1, 0.15) is 11.5 Å². The maximum atomic E-state index is 12.0. The van der Waals surface area contributed by atoms with Gasteiger partial charge < -0.3 is 0 Å². The zero-order valence-corrected chi connectivity index (χ0v) is 12.5. The Labute approximate surface area is 115 Å². The number of pyridine rings is 1. The number of hydrogen-bond acceptors (Lipinski definition) is 3. The molecule has 0 fully saturated rings. The maximum absolute atomic E-state index is 12.0. The first-order chi connectivity index (χ1) is 8.70. The van der Waals surface area contributed by atoms with Crippen molar-refractivity contribution in [3.8, 4) is 0 Å². The van der Waals surface area contributed by atoms with E-state index in [2.05, 4.69) is 18.8 Å². The van der Waals surface area contributed by atoms with Crippen molar-refractivity contribution in [1.29, 1.82) is 0 Å². The highest BCUT2D eigenvalue weighted by molar-refractivity contribution is 6.08. The Morgan fingerprint density at radius 2 is 1.84 bits per heavy atom. The summed E-state index contributed by atoms with van der Waals surface area (Å²) in [6, 6.07) is 3.64. The quantitative estimate of drug-likeness (QED) is 0.602. The van der Waals surface area contributed by atoms with Crippen LogP contribution in [0.4, 0.5) is 0 Å². The molecule has 19 heavy (non-hydrogen) atoms. The molecule has 0 bridgehead atoms. The van der Waals surface area contributed by atoms with E-state index in [0.29, 0.717) is 11.6 Å². The minimum absolute atomic E-state index is 0.0504. The number of Topliss-reactive ketones (excluding diaryl/α,β-unsaturated/α-hetero) is 2. The highest BCUT2D eigenvalue weighted by Gasteiger charge is 2.24. The fourth-order valence-electron chi connectivity index (χ4n) is 1.68. The van der Waals surface area contributed by atoms with Crippen LogP contribution in [0.1, 0.15) is 57.1 Å². The van der Waals surface area contributed by atoms with Crippen molar-refractivity contribution in [2.24, 2.45) is 11.3 Å². The smallest absolute Gasteiger partial charge is 0.188 e. The average Bonchev–Trinajstić information content (AvgIpc) is 2.27. The molecule has 1 aromatic heterocycles. The second-order valence-corrected chi connectivity index (χ2v) is 6.42. The largest absolute Gasteiger partial charge is 0.299 e. The number of rotatable bonds is 5. The highest BCUT2D eigenvalue weighted by Crippen LogP contribution is 2.18. The van der Waals surface area contributed by atoms with Gasteiger partial charge in [-0.3, -0.25) is 14.6 Å². The maximum Gasteiger partial charge on any atom is 0.188 e. The molecule has 0 saturated heterocycles. The van der Waals surface area contributed by atoms with Gasteiger partial charge >= 0.3 is 0 Å². The summed E-state index contributed by atoms with van der Waals surface area (Å²) in [5, 5.41) is 0. The summed E-state index contributed by atoms with van der Waals surface area (Å²) < 4.78 is 0. The van der Waals surface area contributed by atoms with Gasteiger partial charge in [-0.15, -0.1) is 0 Å². The molecule has 104 valence electrons. The summed E-state index contributed by atoms with van der Waals surface area (Å²) in [4.78, 5) is 27.9. The van der Waals surface area contributed by atoms with E-state index in [9.17, 15) is 9.59 Å². The standard InChI is InChI=1S/C16H23NO2/c1-11(2)8-12-6-7-13(17-10-12)14(18)9-15(19)16(3,4)5/h6-7,10-11H,8-9H2,1-5H3. The summed E-state index contributed by atoms with van der Waals surface area (Å²) in [7, 11) is 0. The van der Waals surface area contributed by atoms with Crippen molar-refractivity contribution in [3.05, 3.63) is 29.6 Å². The van der Waals surface area contributed by atoms with Gasteiger partial charge in [-0.1, -0.05) is 40.7 Å². The lowest BCUT2D eigenvalue weighted by Crippen LogP contribution is -2.23. The lowest BCUT2D eigenvalue weighted by Gasteiger charge is -2.15. The van der Waals surface area contributed by atoms with Crippen LogP contribution >= 0.6 is 0 Å². The van der Waals surface area contributed by atoms with Gasteiger partial charge in [0.25, 0.3) is 0 Å². The minimum atomic E-state index is -0.479. The summed E-state index contributed by atoms with van der Waals surface area (Å²) >= 11 is 0. The fourth-order valence-corrected chi connectivity index (χ4v) is 1.68. The van der Waals surface area contributed by atoms with Crippen LogP contribution in [-0.2, 0) is 11.2 Å². The predicted molar refractivity (Wildman–Crippen MR) is 76.2 cm³/mol. The second kappa shape index (κ2) is 6.09. The van der Waals surface area contributed by atoms with Crippen LogP contribution in [0.5, 0.6) is 0 Å². The normalized spacial score (nSPS) is 11.7. The van der Waals surface area contributed by atoms with Gasteiger partial charge in [0.15, 0.2) is 5.78 Å². The summed E-state index contributed by atoms with van der Waals surface area (Å²) in [6.45, 7) is 9.74. The number of hydrogen-bond donors (Lipinski definition) is 0. The van der Waals surface area contributed by atoms with Gasteiger partial charge in [0.05, 0.1) is 6.42 Å². The summed E-state index contributed by atoms with van der Waals surface area (Å²) in [5.41, 5.74) is 1.02. The summed E-state index contributed by atoms with van der Waals surface area (Å²) in [6.07, 6.45) is 2.61. The second-order valence-electron chi connectivity index (χ2n) is 6.42. The van der Waals surface area contributed by atoms with Crippen molar-refractivity contribution in [2.75, 3.05) is 0 Å². The van der Waals surface area contributed by atoms with E-state index in [0.717, 1.165) is 12.0 Å². The Hall–Kier alpha value is -1.51. The van der Waals surface area contributed by atoms with Crippen molar-refractivity contribution in [3.63, 3.8) is 0 Å². The molecule has 0 saturated carbocycles. The van der Waals surface area contributed by atoms with Crippen LogP contribution in [0.2, 0.25) is 0 Å². The molecule has 1 rings (SSSR count). The van der Waals surface area contributed by atoms with Crippen LogP contribution in [0.3, 0.4) is 0 Å². The molecule has 0 spiro atoms. The van der Waals surface area contributed by atoms with Gasteiger partial charge in [-0.05, 0) is 24.0 Å². The third-order valence-electron chi connectivity index (χ3n) is 2.91. The number of ketones is 2. The Morgan fingerprint density at radius 1 is 1.21 bits per heavy atom. The SMILES string of the molecule is CC(C)Cc1ccc(C(=O)CC(=O)C(C)(C)C)nc1. The molecule has 3 heteroatoms. The van der Waals surface area contributed by atoms with Crippen LogP contribution in [0.15, 0.2) is 18.3 Å². The predicted octanol–water partition coefficient (Wildman–Crippen LogP) is 3.47. The average molecular weight is 261 g/mol.